The molecule has 1 N–H and O–H groups in total. The van der Waals surface area contributed by atoms with Crippen molar-refractivity contribution in [3.05, 3.63) is 35.4 Å². The van der Waals surface area contributed by atoms with Gasteiger partial charge < -0.3 is 5.32 Å². The summed E-state index contributed by atoms with van der Waals surface area (Å²) < 4.78 is 0. The van der Waals surface area contributed by atoms with Crippen LogP contribution in [-0.2, 0) is 0 Å². The quantitative estimate of drug-likeness (QED) is 0.903. The highest BCUT2D eigenvalue weighted by Crippen LogP contribution is 2.36. The summed E-state index contributed by atoms with van der Waals surface area (Å²) >= 11 is 0. The second kappa shape index (κ2) is 6.93. The molecule has 116 valence electrons. The number of piperidine rings is 1. The van der Waals surface area contributed by atoms with E-state index < -0.39 is 0 Å². The van der Waals surface area contributed by atoms with Crippen molar-refractivity contribution in [2.75, 3.05) is 20.1 Å². The number of aryl methyl sites for hydroxylation is 1. The van der Waals surface area contributed by atoms with Gasteiger partial charge in [0.05, 0.1) is 0 Å². The van der Waals surface area contributed by atoms with Gasteiger partial charge in [-0.05, 0) is 63.2 Å². The van der Waals surface area contributed by atoms with E-state index in [9.17, 15) is 0 Å². The van der Waals surface area contributed by atoms with Gasteiger partial charge >= 0.3 is 0 Å². The highest BCUT2D eigenvalue weighted by atomic mass is 15.2. The largest absolute Gasteiger partial charge is 0.312 e. The Hall–Kier alpha value is -0.860. The zero-order valence-corrected chi connectivity index (χ0v) is 13.6. The molecule has 1 aromatic rings. The molecule has 0 aromatic heterocycles. The van der Waals surface area contributed by atoms with Gasteiger partial charge in [-0.15, -0.1) is 0 Å². The Bertz CT molecular complexity index is 455. The zero-order chi connectivity index (χ0) is 14.7. The Morgan fingerprint density at radius 2 is 1.90 bits per heavy atom. The fourth-order valence-electron chi connectivity index (χ4n) is 4.51. The first-order valence-electron chi connectivity index (χ1n) is 8.76. The van der Waals surface area contributed by atoms with Gasteiger partial charge in [0.25, 0.3) is 0 Å². The van der Waals surface area contributed by atoms with Crippen LogP contribution in [0, 0.1) is 12.8 Å². The Labute approximate surface area is 129 Å². The van der Waals surface area contributed by atoms with E-state index in [1.54, 1.807) is 0 Å². The summed E-state index contributed by atoms with van der Waals surface area (Å²) in [6.45, 7) is 4.70. The molecule has 0 spiro atoms. The van der Waals surface area contributed by atoms with Gasteiger partial charge in [-0.1, -0.05) is 37.1 Å². The molecule has 0 radical (unpaired) electrons. The van der Waals surface area contributed by atoms with E-state index in [0.717, 1.165) is 12.0 Å². The van der Waals surface area contributed by atoms with Gasteiger partial charge in [-0.3, -0.25) is 4.90 Å². The number of hydrogen-bond donors (Lipinski definition) is 1. The molecule has 21 heavy (non-hydrogen) atoms. The molecular formula is C19H30N2. The van der Waals surface area contributed by atoms with E-state index in [-0.39, 0.29) is 0 Å². The summed E-state index contributed by atoms with van der Waals surface area (Å²) in [6, 6.07) is 10.2. The maximum absolute atomic E-state index is 3.56. The molecule has 3 rings (SSSR count). The summed E-state index contributed by atoms with van der Waals surface area (Å²) in [6.07, 6.45) is 8.65. The van der Waals surface area contributed by atoms with Gasteiger partial charge in [0, 0.05) is 18.6 Å². The smallest absolute Gasteiger partial charge is 0.0449 e. The van der Waals surface area contributed by atoms with Gasteiger partial charge in [-0.25, -0.2) is 0 Å². The fourth-order valence-corrected chi connectivity index (χ4v) is 4.51. The second-order valence-electron chi connectivity index (χ2n) is 6.95. The van der Waals surface area contributed by atoms with Crippen molar-refractivity contribution < 1.29 is 0 Å². The van der Waals surface area contributed by atoms with Crippen LogP contribution in [-0.4, -0.2) is 31.1 Å². The van der Waals surface area contributed by atoms with Crippen molar-refractivity contribution in [1.29, 1.82) is 0 Å². The SMILES string of the molecule is CNC(CN1CCC[C@H]2CCCC[C@H]21)c1ccccc1C. The third-order valence-electron chi connectivity index (χ3n) is 5.69. The predicted molar refractivity (Wildman–Crippen MR) is 89.5 cm³/mol. The van der Waals surface area contributed by atoms with Crippen LogP contribution in [0.2, 0.25) is 0 Å². The van der Waals surface area contributed by atoms with Crippen molar-refractivity contribution in [1.82, 2.24) is 10.2 Å². The first-order valence-corrected chi connectivity index (χ1v) is 8.76. The lowest BCUT2D eigenvalue weighted by Crippen LogP contribution is -2.49. The number of likely N-dealkylation sites (N-methyl/N-ethyl adjacent to an activating group) is 1. The first kappa shape index (κ1) is 15.1. The summed E-state index contributed by atoms with van der Waals surface area (Å²) in [5, 5.41) is 3.56. The third kappa shape index (κ3) is 3.32. The van der Waals surface area contributed by atoms with E-state index in [4.69, 9.17) is 0 Å². The van der Waals surface area contributed by atoms with E-state index in [1.807, 2.05) is 0 Å². The normalized spacial score (nSPS) is 28.1. The topological polar surface area (TPSA) is 15.3 Å². The summed E-state index contributed by atoms with van der Waals surface area (Å²) in [5.74, 6) is 0.974. The summed E-state index contributed by atoms with van der Waals surface area (Å²) in [5.41, 5.74) is 2.88. The van der Waals surface area contributed by atoms with Crippen LogP contribution >= 0.6 is 0 Å². The number of nitrogens with one attached hydrogen (secondary N) is 1. The lowest BCUT2D eigenvalue weighted by Gasteiger charge is -2.45. The average molecular weight is 286 g/mol. The molecule has 0 amide bonds. The number of rotatable bonds is 4. The van der Waals surface area contributed by atoms with Crippen LogP contribution in [0.15, 0.2) is 24.3 Å². The third-order valence-corrected chi connectivity index (χ3v) is 5.69. The van der Waals surface area contributed by atoms with Crippen LogP contribution in [0.3, 0.4) is 0 Å². The summed E-state index contributed by atoms with van der Waals surface area (Å²) in [4.78, 5) is 2.79. The van der Waals surface area contributed by atoms with E-state index in [2.05, 4.69) is 48.5 Å². The molecule has 2 heteroatoms. The van der Waals surface area contributed by atoms with Crippen LogP contribution in [0.1, 0.15) is 55.7 Å². The van der Waals surface area contributed by atoms with Gasteiger partial charge in [0.15, 0.2) is 0 Å². The van der Waals surface area contributed by atoms with Gasteiger partial charge in [0.2, 0.25) is 0 Å². The first-order chi connectivity index (χ1) is 10.3. The van der Waals surface area contributed by atoms with Crippen molar-refractivity contribution in [2.45, 2.75) is 57.5 Å². The molecule has 2 fully saturated rings. The Morgan fingerprint density at radius 1 is 1.14 bits per heavy atom. The van der Waals surface area contributed by atoms with E-state index in [0.29, 0.717) is 6.04 Å². The number of hydrogen-bond acceptors (Lipinski definition) is 2. The van der Waals surface area contributed by atoms with Crippen LogP contribution in [0.4, 0.5) is 0 Å². The van der Waals surface area contributed by atoms with Crippen LogP contribution in [0.5, 0.6) is 0 Å². The Kier molecular flexibility index (Phi) is 4.97. The number of benzene rings is 1. The monoisotopic (exact) mass is 286 g/mol. The fraction of sp³-hybridized carbons (Fsp3) is 0.684. The zero-order valence-electron chi connectivity index (χ0n) is 13.6. The van der Waals surface area contributed by atoms with E-state index in [1.165, 1.54) is 62.7 Å². The van der Waals surface area contributed by atoms with Crippen molar-refractivity contribution >= 4 is 0 Å². The molecule has 1 aliphatic carbocycles. The molecule has 0 bridgehead atoms. The molecule has 1 aromatic carbocycles. The maximum Gasteiger partial charge on any atom is 0.0449 e. The predicted octanol–water partition coefficient (Wildman–Crippen LogP) is 3.91. The molecule has 2 nitrogen and oxygen atoms in total. The van der Waals surface area contributed by atoms with Crippen molar-refractivity contribution in [3.63, 3.8) is 0 Å². The van der Waals surface area contributed by atoms with Crippen molar-refractivity contribution in [3.8, 4) is 0 Å². The number of nitrogens with zero attached hydrogens (tertiary/aromatic N) is 1. The standard InChI is InChI=1S/C19H30N2/c1-15-8-3-5-11-17(15)18(20-2)14-21-13-7-10-16-9-4-6-12-19(16)21/h3,5,8,11,16,18-20H,4,6-7,9-10,12-14H2,1-2H3/t16-,18?,19-/m1/s1. The minimum absolute atomic E-state index is 0.465. The molecule has 1 unspecified atom stereocenters. The van der Waals surface area contributed by atoms with Crippen LogP contribution in [0.25, 0.3) is 0 Å². The minimum Gasteiger partial charge on any atom is -0.312 e. The van der Waals surface area contributed by atoms with Gasteiger partial charge in [0.1, 0.15) is 0 Å². The molecule has 1 heterocycles. The minimum atomic E-state index is 0.465. The second-order valence-corrected chi connectivity index (χ2v) is 6.95. The highest BCUT2D eigenvalue weighted by Gasteiger charge is 2.34. The molecule has 3 atom stereocenters. The van der Waals surface area contributed by atoms with Gasteiger partial charge in [-0.2, -0.15) is 0 Å². The molecule has 2 aliphatic rings. The number of likely N-dealkylation sites (tertiary alicyclic amines) is 1. The molecule has 1 aliphatic heterocycles. The molecule has 1 saturated heterocycles. The highest BCUT2D eigenvalue weighted by molar-refractivity contribution is 5.29. The molecular weight excluding hydrogens is 256 g/mol. The average Bonchev–Trinajstić information content (AvgIpc) is 2.53. The van der Waals surface area contributed by atoms with Crippen molar-refractivity contribution in [2.24, 2.45) is 5.92 Å². The number of fused-ring (bicyclic) bond motifs is 1. The lowest BCUT2D eigenvalue weighted by atomic mass is 9.78. The maximum atomic E-state index is 3.56. The molecule has 1 saturated carbocycles. The summed E-state index contributed by atoms with van der Waals surface area (Å²) in [7, 11) is 2.11. The Balaban J connectivity index is 1.72. The Morgan fingerprint density at radius 3 is 2.71 bits per heavy atom. The van der Waals surface area contributed by atoms with Crippen LogP contribution < -0.4 is 5.32 Å². The van der Waals surface area contributed by atoms with E-state index >= 15 is 0 Å². The lowest BCUT2D eigenvalue weighted by molar-refractivity contribution is 0.0534.